The molecule has 1 amide bonds. The Kier molecular flexibility index (Phi) is 4.91. The number of fused-ring (bicyclic) bond motifs is 2. The fraction of sp³-hybridized carbons (Fsp3) is 0.333. The smallest absolute Gasteiger partial charge is 0.254 e. The minimum atomic E-state index is 0.110. The first-order valence-electron chi connectivity index (χ1n) is 11.6. The number of pyridine rings is 1. The van der Waals surface area contributed by atoms with E-state index in [1.165, 1.54) is 18.4 Å². The van der Waals surface area contributed by atoms with Gasteiger partial charge in [-0.2, -0.15) is 0 Å². The Morgan fingerprint density at radius 2 is 1.72 bits per heavy atom. The monoisotopic (exact) mass is 425 g/mol. The van der Waals surface area contributed by atoms with Crippen LogP contribution < -0.4 is 4.74 Å². The number of hydrogen-bond acceptors (Lipinski definition) is 4. The number of likely N-dealkylation sites (tertiary alicyclic amines) is 1. The molecule has 0 N–H and O–H groups in total. The second-order valence-corrected chi connectivity index (χ2v) is 9.15. The molecule has 3 atom stereocenters. The summed E-state index contributed by atoms with van der Waals surface area (Å²) in [5.74, 6) is 2.46. The quantitative estimate of drug-likeness (QED) is 0.614. The highest BCUT2D eigenvalue weighted by Crippen LogP contribution is 2.46. The van der Waals surface area contributed by atoms with E-state index >= 15 is 0 Å². The fourth-order valence-corrected chi connectivity index (χ4v) is 6.03. The molecule has 2 bridgehead atoms. The van der Waals surface area contributed by atoms with Gasteiger partial charge < -0.3 is 9.64 Å². The number of nitrogens with zero attached hydrogens (tertiary/aromatic N) is 3. The Labute approximate surface area is 188 Å². The van der Waals surface area contributed by atoms with Crippen molar-refractivity contribution < 1.29 is 9.53 Å². The zero-order chi connectivity index (χ0) is 21.5. The van der Waals surface area contributed by atoms with Crippen molar-refractivity contribution in [3.63, 3.8) is 0 Å². The highest BCUT2D eigenvalue weighted by Gasteiger charge is 2.54. The maximum Gasteiger partial charge on any atom is 0.254 e. The summed E-state index contributed by atoms with van der Waals surface area (Å²) in [6.45, 7) is 3.03. The van der Waals surface area contributed by atoms with E-state index in [2.05, 4.69) is 20.9 Å². The number of aromatic nitrogens is 1. The molecule has 3 unspecified atom stereocenters. The highest BCUT2D eigenvalue weighted by atomic mass is 16.5. The number of rotatable bonds is 4. The van der Waals surface area contributed by atoms with Crippen LogP contribution >= 0.6 is 0 Å². The van der Waals surface area contributed by atoms with Gasteiger partial charge in [-0.15, -0.1) is 0 Å². The molecule has 3 aromatic rings. The number of hydrogen-bond donors (Lipinski definition) is 0. The third-order valence-corrected chi connectivity index (χ3v) is 7.43. The fourth-order valence-electron chi connectivity index (χ4n) is 6.03. The number of amides is 1. The first-order chi connectivity index (χ1) is 15.8. The van der Waals surface area contributed by atoms with Gasteiger partial charge in [0, 0.05) is 36.5 Å². The van der Waals surface area contributed by atoms with Gasteiger partial charge >= 0.3 is 0 Å². The minimum absolute atomic E-state index is 0.110. The Hall–Kier alpha value is -3.18. The highest BCUT2D eigenvalue weighted by molar-refractivity contribution is 5.95. The Morgan fingerprint density at radius 1 is 0.906 bits per heavy atom. The molecular formula is C27H27N3O2. The normalized spacial score (nSPS) is 28.4. The second kappa shape index (κ2) is 8.06. The van der Waals surface area contributed by atoms with E-state index in [1.54, 1.807) is 0 Å². The molecule has 4 aliphatic rings. The molecular weight excluding hydrogens is 398 g/mol. The molecule has 162 valence electrons. The van der Waals surface area contributed by atoms with E-state index in [-0.39, 0.29) is 11.9 Å². The number of ether oxygens (including phenoxy) is 1. The van der Waals surface area contributed by atoms with Crippen LogP contribution in [0.2, 0.25) is 0 Å². The van der Waals surface area contributed by atoms with Gasteiger partial charge in [0.1, 0.15) is 11.5 Å². The van der Waals surface area contributed by atoms with Crippen LogP contribution in [-0.4, -0.2) is 52.4 Å². The molecule has 4 aliphatic heterocycles. The van der Waals surface area contributed by atoms with Gasteiger partial charge in [-0.3, -0.25) is 14.7 Å². The van der Waals surface area contributed by atoms with Gasteiger partial charge in [0.2, 0.25) is 0 Å². The number of carbonyl (C=O) groups excluding carboxylic acids is 1. The summed E-state index contributed by atoms with van der Waals surface area (Å²) in [6.07, 6.45) is 6.17. The average Bonchev–Trinajstić information content (AvgIpc) is 3.29. The van der Waals surface area contributed by atoms with E-state index in [0.29, 0.717) is 29.2 Å². The maximum absolute atomic E-state index is 13.8. The average molecular weight is 426 g/mol. The van der Waals surface area contributed by atoms with Crippen molar-refractivity contribution in [1.29, 1.82) is 0 Å². The number of para-hydroxylation sites is 1. The van der Waals surface area contributed by atoms with Crippen LogP contribution in [0.15, 0.2) is 79.1 Å². The summed E-state index contributed by atoms with van der Waals surface area (Å²) in [7, 11) is 0. The van der Waals surface area contributed by atoms with Crippen molar-refractivity contribution in [2.24, 2.45) is 5.92 Å². The first-order valence-corrected chi connectivity index (χ1v) is 11.6. The second-order valence-electron chi connectivity index (χ2n) is 9.15. The molecule has 1 aromatic heterocycles. The third-order valence-electron chi connectivity index (χ3n) is 7.43. The first kappa shape index (κ1) is 19.5. The molecule has 7 rings (SSSR count). The molecule has 4 saturated heterocycles. The molecule has 0 saturated carbocycles. The molecule has 0 spiro atoms. The zero-order valence-electron chi connectivity index (χ0n) is 18.0. The maximum atomic E-state index is 13.8. The minimum Gasteiger partial charge on any atom is -0.457 e. The van der Waals surface area contributed by atoms with Crippen LogP contribution in [-0.2, 0) is 0 Å². The number of piperidine rings is 3. The summed E-state index contributed by atoms with van der Waals surface area (Å²) in [5.41, 5.74) is 1.94. The van der Waals surface area contributed by atoms with E-state index in [0.717, 1.165) is 25.4 Å². The van der Waals surface area contributed by atoms with E-state index in [1.807, 2.05) is 73.1 Å². The molecule has 32 heavy (non-hydrogen) atoms. The van der Waals surface area contributed by atoms with Gasteiger partial charge in [-0.05, 0) is 73.8 Å². The van der Waals surface area contributed by atoms with Crippen LogP contribution in [0.4, 0.5) is 0 Å². The predicted molar refractivity (Wildman–Crippen MR) is 123 cm³/mol. The molecule has 5 heterocycles. The van der Waals surface area contributed by atoms with Gasteiger partial charge in [0.15, 0.2) is 0 Å². The van der Waals surface area contributed by atoms with Gasteiger partial charge in [-0.1, -0.05) is 30.3 Å². The topological polar surface area (TPSA) is 45.7 Å². The van der Waals surface area contributed by atoms with Crippen LogP contribution in [0, 0.1) is 5.92 Å². The lowest BCUT2D eigenvalue weighted by Crippen LogP contribution is -2.60. The van der Waals surface area contributed by atoms with Crippen molar-refractivity contribution in [1.82, 2.24) is 14.8 Å². The Bertz CT molecular complexity index is 1100. The SMILES string of the molecule is O=C(c1cccc(Oc2ccccc2)c1)N1CC(c2cccnc2)C2C1C1CCN2CC1. The third kappa shape index (κ3) is 3.37. The summed E-state index contributed by atoms with van der Waals surface area (Å²) in [4.78, 5) is 22.9. The molecule has 0 aliphatic carbocycles. The van der Waals surface area contributed by atoms with Crippen molar-refractivity contribution >= 4 is 5.91 Å². The van der Waals surface area contributed by atoms with Gasteiger partial charge in [0.25, 0.3) is 5.91 Å². The lowest BCUT2D eigenvalue weighted by atomic mass is 9.75. The number of benzene rings is 2. The van der Waals surface area contributed by atoms with E-state index < -0.39 is 0 Å². The lowest BCUT2D eigenvalue weighted by molar-refractivity contribution is -0.00342. The Morgan fingerprint density at radius 3 is 2.50 bits per heavy atom. The van der Waals surface area contributed by atoms with Crippen molar-refractivity contribution in [2.45, 2.75) is 30.8 Å². The van der Waals surface area contributed by atoms with Gasteiger partial charge in [-0.25, -0.2) is 0 Å². The molecule has 2 aromatic carbocycles. The molecule has 0 radical (unpaired) electrons. The summed E-state index contributed by atoms with van der Waals surface area (Å²) < 4.78 is 5.99. The molecule has 4 fully saturated rings. The summed E-state index contributed by atoms with van der Waals surface area (Å²) >= 11 is 0. The van der Waals surface area contributed by atoms with Crippen LogP contribution in [0.1, 0.15) is 34.7 Å². The van der Waals surface area contributed by atoms with Crippen molar-refractivity contribution in [3.05, 3.63) is 90.3 Å². The van der Waals surface area contributed by atoms with Crippen LogP contribution in [0.3, 0.4) is 0 Å². The van der Waals surface area contributed by atoms with Crippen molar-refractivity contribution in [2.75, 3.05) is 19.6 Å². The zero-order valence-corrected chi connectivity index (χ0v) is 18.0. The summed E-state index contributed by atoms with van der Waals surface area (Å²) in [5, 5.41) is 0. The lowest BCUT2D eigenvalue weighted by Gasteiger charge is -2.51. The summed E-state index contributed by atoms with van der Waals surface area (Å²) in [6, 6.07) is 22.1. The number of carbonyl (C=O) groups is 1. The van der Waals surface area contributed by atoms with E-state index in [9.17, 15) is 4.79 Å². The largest absolute Gasteiger partial charge is 0.457 e. The standard InChI is InChI=1S/C27H27N3O2/c31-27(20-6-4-10-23(16-20)32-22-8-2-1-3-9-22)30-18-24(21-7-5-13-28-17-21)26-25(30)19-11-14-29(26)15-12-19/h1-10,13,16-17,19,24-26H,11-12,14-15,18H2. The molecule has 5 nitrogen and oxygen atoms in total. The van der Waals surface area contributed by atoms with Crippen LogP contribution in [0.5, 0.6) is 11.5 Å². The van der Waals surface area contributed by atoms with E-state index in [4.69, 9.17) is 4.74 Å². The Balaban J connectivity index is 1.30. The predicted octanol–water partition coefficient (Wildman–Crippen LogP) is 4.58. The van der Waals surface area contributed by atoms with Crippen molar-refractivity contribution in [3.8, 4) is 11.5 Å². The van der Waals surface area contributed by atoms with Gasteiger partial charge in [0.05, 0.1) is 6.04 Å². The molecule has 5 heteroatoms. The van der Waals surface area contributed by atoms with Crippen LogP contribution in [0.25, 0.3) is 0 Å².